The Morgan fingerprint density at radius 2 is 2.27 bits per heavy atom. The monoisotopic (exact) mass is 224 g/mol. The zero-order valence-corrected chi connectivity index (χ0v) is 10.2. The molecule has 0 saturated carbocycles. The molecule has 0 atom stereocenters. The molecule has 1 N–H and O–H groups in total. The molecule has 0 unspecified atom stereocenters. The third kappa shape index (κ3) is 3.03. The number of nitrogens with zero attached hydrogens (tertiary/aromatic N) is 1. The molecule has 1 aromatic heterocycles. The molecule has 2 heterocycles. The predicted octanol–water partition coefficient (Wildman–Crippen LogP) is 2.15. The summed E-state index contributed by atoms with van der Waals surface area (Å²) in [6.07, 6.45) is 2.68. The third-order valence-corrected chi connectivity index (χ3v) is 4.25. The maximum Gasteiger partial charge on any atom is 0.0107 e. The van der Waals surface area contributed by atoms with Crippen molar-refractivity contribution in [3.05, 3.63) is 22.4 Å². The SMILES string of the molecule is CNCCN1CCC(c2cccs2)CC1. The van der Waals surface area contributed by atoms with Gasteiger partial charge in [-0.3, -0.25) is 0 Å². The van der Waals surface area contributed by atoms with E-state index in [1.807, 2.05) is 18.4 Å². The van der Waals surface area contributed by atoms with Gasteiger partial charge in [-0.15, -0.1) is 11.3 Å². The highest BCUT2D eigenvalue weighted by Crippen LogP contribution is 2.30. The van der Waals surface area contributed by atoms with E-state index >= 15 is 0 Å². The molecule has 15 heavy (non-hydrogen) atoms. The van der Waals surface area contributed by atoms with Gasteiger partial charge in [-0.25, -0.2) is 0 Å². The maximum absolute atomic E-state index is 3.21. The van der Waals surface area contributed by atoms with E-state index < -0.39 is 0 Å². The topological polar surface area (TPSA) is 15.3 Å². The molecule has 0 bridgehead atoms. The molecule has 0 amide bonds. The number of hydrogen-bond donors (Lipinski definition) is 1. The van der Waals surface area contributed by atoms with Crippen molar-refractivity contribution in [1.82, 2.24) is 10.2 Å². The lowest BCUT2D eigenvalue weighted by Gasteiger charge is -2.31. The highest BCUT2D eigenvalue weighted by atomic mass is 32.1. The summed E-state index contributed by atoms with van der Waals surface area (Å²) < 4.78 is 0. The van der Waals surface area contributed by atoms with E-state index in [9.17, 15) is 0 Å². The van der Waals surface area contributed by atoms with Gasteiger partial charge in [0.05, 0.1) is 0 Å². The molecule has 1 fully saturated rings. The summed E-state index contributed by atoms with van der Waals surface area (Å²) in [5, 5.41) is 5.41. The van der Waals surface area contributed by atoms with Gasteiger partial charge in [0.1, 0.15) is 0 Å². The number of rotatable bonds is 4. The van der Waals surface area contributed by atoms with Crippen molar-refractivity contribution in [1.29, 1.82) is 0 Å². The van der Waals surface area contributed by atoms with Crippen molar-refractivity contribution in [3.63, 3.8) is 0 Å². The van der Waals surface area contributed by atoms with Crippen molar-refractivity contribution >= 4 is 11.3 Å². The fourth-order valence-electron chi connectivity index (χ4n) is 2.23. The number of likely N-dealkylation sites (tertiary alicyclic amines) is 1. The van der Waals surface area contributed by atoms with Crippen LogP contribution in [0, 0.1) is 0 Å². The zero-order valence-electron chi connectivity index (χ0n) is 9.41. The number of piperidine rings is 1. The molecule has 0 aromatic carbocycles. The second kappa shape index (κ2) is 5.64. The Labute approximate surface area is 96.3 Å². The van der Waals surface area contributed by atoms with Crippen molar-refractivity contribution in [2.45, 2.75) is 18.8 Å². The third-order valence-electron chi connectivity index (χ3n) is 3.21. The van der Waals surface area contributed by atoms with Crippen molar-refractivity contribution in [2.75, 3.05) is 33.2 Å². The highest BCUT2D eigenvalue weighted by Gasteiger charge is 2.20. The Bertz CT molecular complexity index is 263. The van der Waals surface area contributed by atoms with Crippen LogP contribution in [-0.4, -0.2) is 38.1 Å². The number of thiophene rings is 1. The van der Waals surface area contributed by atoms with Crippen LogP contribution in [0.3, 0.4) is 0 Å². The summed E-state index contributed by atoms with van der Waals surface area (Å²) >= 11 is 1.92. The zero-order chi connectivity index (χ0) is 10.5. The molecule has 2 nitrogen and oxygen atoms in total. The van der Waals surface area contributed by atoms with Gasteiger partial charge in [0.15, 0.2) is 0 Å². The summed E-state index contributed by atoms with van der Waals surface area (Å²) in [5.41, 5.74) is 0. The van der Waals surface area contributed by atoms with Crippen LogP contribution in [0.4, 0.5) is 0 Å². The quantitative estimate of drug-likeness (QED) is 0.843. The first kappa shape index (κ1) is 11.1. The van der Waals surface area contributed by atoms with E-state index in [-0.39, 0.29) is 0 Å². The largest absolute Gasteiger partial charge is 0.318 e. The summed E-state index contributed by atoms with van der Waals surface area (Å²) in [7, 11) is 2.03. The first-order chi connectivity index (χ1) is 7.40. The van der Waals surface area contributed by atoms with Crippen molar-refractivity contribution in [3.8, 4) is 0 Å². The van der Waals surface area contributed by atoms with Crippen LogP contribution in [0.1, 0.15) is 23.6 Å². The van der Waals surface area contributed by atoms with Crippen LogP contribution >= 0.6 is 11.3 Å². The van der Waals surface area contributed by atoms with E-state index in [1.54, 1.807) is 4.88 Å². The molecule has 0 spiro atoms. The van der Waals surface area contributed by atoms with Crippen molar-refractivity contribution in [2.24, 2.45) is 0 Å². The van der Waals surface area contributed by atoms with E-state index in [4.69, 9.17) is 0 Å². The van der Waals surface area contributed by atoms with Gasteiger partial charge < -0.3 is 10.2 Å². The lowest BCUT2D eigenvalue weighted by atomic mass is 9.95. The van der Waals surface area contributed by atoms with E-state index in [1.165, 1.54) is 32.5 Å². The minimum atomic E-state index is 0.829. The first-order valence-corrected chi connectivity index (χ1v) is 6.68. The molecule has 84 valence electrons. The Hall–Kier alpha value is -0.380. The summed E-state index contributed by atoms with van der Waals surface area (Å²) in [6.45, 7) is 4.85. The van der Waals surface area contributed by atoms with Crippen molar-refractivity contribution < 1.29 is 0 Å². The predicted molar refractivity (Wildman–Crippen MR) is 66.7 cm³/mol. The fourth-order valence-corrected chi connectivity index (χ4v) is 3.13. The molecular formula is C12H20N2S. The Balaban J connectivity index is 1.77. The smallest absolute Gasteiger partial charge is 0.0107 e. The van der Waals surface area contributed by atoms with Crippen LogP contribution < -0.4 is 5.32 Å². The van der Waals surface area contributed by atoms with Gasteiger partial charge in [0.25, 0.3) is 0 Å². The first-order valence-electron chi connectivity index (χ1n) is 5.80. The Morgan fingerprint density at radius 1 is 1.47 bits per heavy atom. The Morgan fingerprint density at radius 3 is 2.87 bits per heavy atom. The molecule has 0 aliphatic carbocycles. The van der Waals surface area contributed by atoms with Gasteiger partial charge in [-0.05, 0) is 50.3 Å². The lowest BCUT2D eigenvalue weighted by Crippen LogP contribution is -2.36. The second-order valence-corrected chi connectivity index (χ2v) is 5.21. The van der Waals surface area contributed by atoms with Gasteiger partial charge in [-0.2, -0.15) is 0 Å². The standard InChI is InChI=1S/C12H20N2S/c1-13-6-9-14-7-4-11(5-8-14)12-3-2-10-15-12/h2-3,10-11,13H,4-9H2,1H3. The van der Waals surface area contributed by atoms with E-state index in [0.29, 0.717) is 0 Å². The highest BCUT2D eigenvalue weighted by molar-refractivity contribution is 7.10. The van der Waals surface area contributed by atoms with Crippen LogP contribution in [0.15, 0.2) is 17.5 Å². The van der Waals surface area contributed by atoms with Gasteiger partial charge in [0.2, 0.25) is 0 Å². The number of hydrogen-bond acceptors (Lipinski definition) is 3. The summed E-state index contributed by atoms with van der Waals surface area (Å²) in [6, 6.07) is 4.46. The molecule has 3 heteroatoms. The molecule has 1 aliphatic heterocycles. The molecular weight excluding hydrogens is 204 g/mol. The average molecular weight is 224 g/mol. The lowest BCUT2D eigenvalue weighted by molar-refractivity contribution is 0.215. The average Bonchev–Trinajstić information content (AvgIpc) is 2.80. The van der Waals surface area contributed by atoms with Gasteiger partial charge >= 0.3 is 0 Å². The maximum atomic E-state index is 3.21. The van der Waals surface area contributed by atoms with E-state index in [2.05, 4.69) is 27.7 Å². The summed E-state index contributed by atoms with van der Waals surface area (Å²) in [5.74, 6) is 0.829. The van der Waals surface area contributed by atoms with Gasteiger partial charge in [-0.1, -0.05) is 6.07 Å². The molecule has 1 saturated heterocycles. The number of likely N-dealkylation sites (N-methyl/N-ethyl adjacent to an activating group) is 1. The van der Waals surface area contributed by atoms with Crippen LogP contribution in [-0.2, 0) is 0 Å². The molecule has 1 aliphatic rings. The molecule has 0 radical (unpaired) electrons. The Kier molecular flexibility index (Phi) is 4.18. The van der Waals surface area contributed by atoms with Gasteiger partial charge in [0, 0.05) is 18.0 Å². The number of nitrogens with one attached hydrogen (secondary N) is 1. The molecule has 1 aromatic rings. The van der Waals surface area contributed by atoms with Crippen LogP contribution in [0.25, 0.3) is 0 Å². The summed E-state index contributed by atoms with van der Waals surface area (Å²) in [4.78, 5) is 4.16. The minimum Gasteiger partial charge on any atom is -0.318 e. The van der Waals surface area contributed by atoms with E-state index in [0.717, 1.165) is 12.5 Å². The van der Waals surface area contributed by atoms with Crippen LogP contribution in [0.2, 0.25) is 0 Å². The second-order valence-electron chi connectivity index (χ2n) is 4.23. The fraction of sp³-hybridized carbons (Fsp3) is 0.667. The minimum absolute atomic E-state index is 0.829. The normalized spacial score (nSPS) is 19.5. The van der Waals surface area contributed by atoms with Crippen LogP contribution in [0.5, 0.6) is 0 Å². The molecule has 2 rings (SSSR count).